The van der Waals surface area contributed by atoms with Crippen molar-refractivity contribution in [1.82, 2.24) is 0 Å². The van der Waals surface area contributed by atoms with Crippen molar-refractivity contribution in [1.29, 1.82) is 0 Å². The van der Waals surface area contributed by atoms with Crippen LogP contribution in [0.25, 0.3) is 0 Å². The zero-order chi connectivity index (χ0) is 10.6. The number of benzene rings is 1. The highest BCUT2D eigenvalue weighted by Gasteiger charge is 2.10. The molecule has 2 nitrogen and oxygen atoms in total. The van der Waals surface area contributed by atoms with E-state index in [9.17, 15) is 4.79 Å². The van der Waals surface area contributed by atoms with Gasteiger partial charge in [-0.25, -0.2) is 0 Å². The number of carbonyl (C=O) groups excluding carboxylic acids is 1. The molecule has 0 spiro atoms. The number of carbonyl (C=O) groups is 1. The summed E-state index contributed by atoms with van der Waals surface area (Å²) >= 11 is 7.02. The predicted molar refractivity (Wildman–Crippen MR) is 63.5 cm³/mol. The van der Waals surface area contributed by atoms with Crippen molar-refractivity contribution in [3.63, 3.8) is 0 Å². The Hall–Kier alpha value is -0.670. The highest BCUT2D eigenvalue weighted by Crippen LogP contribution is 2.23. The second kappa shape index (κ2) is 5.27. The summed E-state index contributed by atoms with van der Waals surface area (Å²) in [4.78, 5) is 11.5. The molecular formula is C10H12ClNOS. The predicted octanol–water partition coefficient (Wildman–Crippen LogP) is 3.28. The van der Waals surface area contributed by atoms with Gasteiger partial charge < -0.3 is 5.32 Å². The highest BCUT2D eigenvalue weighted by atomic mass is 35.5. The monoisotopic (exact) mass is 229 g/mol. The Morgan fingerprint density at radius 1 is 1.57 bits per heavy atom. The first kappa shape index (κ1) is 11.4. The summed E-state index contributed by atoms with van der Waals surface area (Å²) < 4.78 is 0. The lowest BCUT2D eigenvalue weighted by Crippen LogP contribution is -2.03. The molecule has 1 rings (SSSR count). The zero-order valence-electron chi connectivity index (χ0n) is 8.13. The molecule has 0 aromatic heterocycles. The van der Waals surface area contributed by atoms with E-state index < -0.39 is 0 Å². The van der Waals surface area contributed by atoms with Crippen LogP contribution in [0, 0.1) is 0 Å². The maximum absolute atomic E-state index is 11.5. The van der Waals surface area contributed by atoms with Crippen molar-refractivity contribution in [2.24, 2.45) is 0 Å². The Balaban J connectivity index is 3.08. The van der Waals surface area contributed by atoms with Crippen LogP contribution in [0.2, 0.25) is 5.02 Å². The van der Waals surface area contributed by atoms with Crippen molar-refractivity contribution in [3.8, 4) is 0 Å². The van der Waals surface area contributed by atoms with Crippen molar-refractivity contribution >= 4 is 34.2 Å². The first-order valence-corrected chi connectivity index (χ1v) is 5.91. The molecule has 1 N–H and O–H groups in total. The molecule has 1 aromatic carbocycles. The van der Waals surface area contributed by atoms with Crippen molar-refractivity contribution < 1.29 is 4.79 Å². The average molecular weight is 230 g/mol. The molecule has 0 aliphatic rings. The molecule has 4 heteroatoms. The van der Waals surface area contributed by atoms with Crippen LogP contribution in [0.15, 0.2) is 18.2 Å². The third-order valence-electron chi connectivity index (χ3n) is 1.75. The third kappa shape index (κ3) is 2.66. The molecule has 0 bridgehead atoms. The van der Waals surface area contributed by atoms with E-state index in [0.717, 1.165) is 12.2 Å². The number of halogens is 1. The van der Waals surface area contributed by atoms with Gasteiger partial charge in [-0.3, -0.25) is 4.79 Å². The third-order valence-corrected chi connectivity index (χ3v) is 2.58. The normalized spacial score (nSPS) is 9.93. The Morgan fingerprint density at radius 3 is 2.86 bits per heavy atom. The molecule has 76 valence electrons. The molecule has 0 heterocycles. The first-order chi connectivity index (χ1) is 6.69. The van der Waals surface area contributed by atoms with Gasteiger partial charge in [0, 0.05) is 17.3 Å². The Morgan fingerprint density at radius 2 is 2.29 bits per heavy atom. The van der Waals surface area contributed by atoms with Gasteiger partial charge in [-0.1, -0.05) is 23.4 Å². The molecule has 0 unspecified atom stereocenters. The largest absolute Gasteiger partial charge is 0.385 e. The smallest absolute Gasteiger partial charge is 0.221 e. The van der Waals surface area contributed by atoms with Gasteiger partial charge in [0.25, 0.3) is 0 Å². The van der Waals surface area contributed by atoms with Crippen LogP contribution < -0.4 is 5.32 Å². The standard InChI is InChI=1S/C10H12ClNOS/c1-3-12-9-5-4-7(11)6-8(9)10(13)14-2/h4-6,12H,3H2,1-2H3. The Kier molecular flexibility index (Phi) is 4.29. The minimum atomic E-state index is 0.0310. The number of hydrogen-bond acceptors (Lipinski definition) is 3. The Labute approximate surface area is 93.0 Å². The minimum Gasteiger partial charge on any atom is -0.385 e. The summed E-state index contributed by atoms with van der Waals surface area (Å²) in [5.74, 6) is 0. The molecule has 14 heavy (non-hydrogen) atoms. The van der Waals surface area contributed by atoms with Crippen LogP contribution in [0.5, 0.6) is 0 Å². The number of rotatable bonds is 3. The summed E-state index contributed by atoms with van der Waals surface area (Å²) in [5.41, 5.74) is 1.49. The lowest BCUT2D eigenvalue weighted by molar-refractivity contribution is 0.109. The maximum Gasteiger partial charge on any atom is 0.221 e. The van der Waals surface area contributed by atoms with Crippen molar-refractivity contribution in [2.45, 2.75) is 6.92 Å². The number of nitrogens with one attached hydrogen (secondary N) is 1. The minimum absolute atomic E-state index is 0.0310. The van der Waals surface area contributed by atoms with Gasteiger partial charge in [0.2, 0.25) is 5.12 Å². The lowest BCUT2D eigenvalue weighted by Gasteiger charge is -2.08. The SMILES string of the molecule is CCNc1ccc(Cl)cc1C(=O)SC. The van der Waals surface area contributed by atoms with Crippen LogP contribution in [-0.4, -0.2) is 17.9 Å². The van der Waals surface area contributed by atoms with Gasteiger partial charge in [0.1, 0.15) is 0 Å². The zero-order valence-corrected chi connectivity index (χ0v) is 9.71. The second-order valence-corrected chi connectivity index (χ2v) is 3.93. The molecule has 0 amide bonds. The number of anilines is 1. The summed E-state index contributed by atoms with van der Waals surface area (Å²) in [6, 6.07) is 5.30. The average Bonchev–Trinajstić information content (AvgIpc) is 2.20. The van der Waals surface area contributed by atoms with Crippen molar-refractivity contribution in [2.75, 3.05) is 18.1 Å². The van der Waals surface area contributed by atoms with E-state index in [1.165, 1.54) is 11.8 Å². The van der Waals surface area contributed by atoms with Crippen LogP contribution in [0.1, 0.15) is 17.3 Å². The summed E-state index contributed by atoms with van der Waals surface area (Å²) in [5, 5.41) is 3.74. The molecule has 0 atom stereocenters. The van der Waals surface area contributed by atoms with E-state index in [0.29, 0.717) is 10.6 Å². The number of thioether (sulfide) groups is 1. The fourth-order valence-corrected chi connectivity index (χ4v) is 1.70. The van der Waals surface area contributed by atoms with Gasteiger partial charge in [-0.2, -0.15) is 0 Å². The first-order valence-electron chi connectivity index (χ1n) is 4.30. The van der Waals surface area contributed by atoms with Crippen LogP contribution >= 0.6 is 23.4 Å². The molecule has 0 aliphatic heterocycles. The fourth-order valence-electron chi connectivity index (χ4n) is 1.14. The summed E-state index contributed by atoms with van der Waals surface area (Å²) in [7, 11) is 0. The van der Waals surface area contributed by atoms with Crippen molar-refractivity contribution in [3.05, 3.63) is 28.8 Å². The summed E-state index contributed by atoms with van der Waals surface area (Å²) in [6.07, 6.45) is 1.76. The van der Waals surface area contributed by atoms with Gasteiger partial charge in [0.15, 0.2) is 0 Å². The van der Waals surface area contributed by atoms with E-state index in [-0.39, 0.29) is 5.12 Å². The lowest BCUT2D eigenvalue weighted by atomic mass is 10.2. The van der Waals surface area contributed by atoms with E-state index in [2.05, 4.69) is 5.32 Å². The van der Waals surface area contributed by atoms with Gasteiger partial charge >= 0.3 is 0 Å². The van der Waals surface area contributed by atoms with Crippen LogP contribution in [0.3, 0.4) is 0 Å². The van der Waals surface area contributed by atoms with Gasteiger partial charge in [-0.05, 0) is 31.4 Å². The maximum atomic E-state index is 11.5. The number of hydrogen-bond donors (Lipinski definition) is 1. The molecule has 0 saturated carbocycles. The molecule has 0 aliphatic carbocycles. The quantitative estimate of drug-likeness (QED) is 0.863. The van der Waals surface area contributed by atoms with E-state index in [1.807, 2.05) is 13.0 Å². The fraction of sp³-hybridized carbons (Fsp3) is 0.300. The molecule has 0 fully saturated rings. The molecule has 1 aromatic rings. The second-order valence-electron chi connectivity index (χ2n) is 2.71. The van der Waals surface area contributed by atoms with Crippen LogP contribution in [-0.2, 0) is 0 Å². The van der Waals surface area contributed by atoms with E-state index in [4.69, 9.17) is 11.6 Å². The molecule has 0 saturated heterocycles. The van der Waals surface area contributed by atoms with Gasteiger partial charge in [0.05, 0.1) is 5.56 Å². The van der Waals surface area contributed by atoms with E-state index >= 15 is 0 Å². The van der Waals surface area contributed by atoms with Gasteiger partial charge in [-0.15, -0.1) is 0 Å². The van der Waals surface area contributed by atoms with Crippen LogP contribution in [0.4, 0.5) is 5.69 Å². The van der Waals surface area contributed by atoms with E-state index in [1.54, 1.807) is 18.4 Å². The topological polar surface area (TPSA) is 29.1 Å². The molecular weight excluding hydrogens is 218 g/mol. The highest BCUT2D eigenvalue weighted by molar-refractivity contribution is 8.13. The summed E-state index contributed by atoms with van der Waals surface area (Å²) in [6.45, 7) is 2.78. The molecule has 0 radical (unpaired) electrons. The Bertz CT molecular complexity index is 341.